The molecule has 1 fully saturated rings. The molecule has 1 aliphatic rings. The van der Waals surface area contributed by atoms with Crippen molar-refractivity contribution in [3.8, 4) is 0 Å². The van der Waals surface area contributed by atoms with Crippen LogP contribution in [0.1, 0.15) is 59.3 Å². The summed E-state index contributed by atoms with van der Waals surface area (Å²) in [5, 5.41) is 3.53. The van der Waals surface area contributed by atoms with E-state index in [1.54, 1.807) is 0 Å². The van der Waals surface area contributed by atoms with Gasteiger partial charge in [-0.3, -0.25) is 4.90 Å². The first kappa shape index (κ1) is 18.9. The summed E-state index contributed by atoms with van der Waals surface area (Å²) in [5.74, 6) is 0.775. The van der Waals surface area contributed by atoms with E-state index in [9.17, 15) is 0 Å². The first-order valence-electron chi connectivity index (χ1n) is 9.26. The Balaban J connectivity index is 1.92. The zero-order valence-corrected chi connectivity index (χ0v) is 15.0. The largest absolute Gasteiger partial charge is 0.316 e. The van der Waals surface area contributed by atoms with E-state index < -0.39 is 0 Å². The molecule has 1 unspecified atom stereocenters. The van der Waals surface area contributed by atoms with Crippen molar-refractivity contribution in [2.75, 3.05) is 46.3 Å². The Morgan fingerprint density at radius 3 is 2.67 bits per heavy atom. The van der Waals surface area contributed by atoms with Gasteiger partial charge in [-0.25, -0.2) is 0 Å². The van der Waals surface area contributed by atoms with Gasteiger partial charge in [-0.15, -0.1) is 0 Å². The minimum absolute atomic E-state index is 0.775. The Labute approximate surface area is 133 Å². The molecule has 0 radical (unpaired) electrons. The third kappa shape index (κ3) is 8.80. The lowest BCUT2D eigenvalue weighted by Crippen LogP contribution is -2.39. The number of likely N-dealkylation sites (tertiary alicyclic amines) is 1. The zero-order valence-electron chi connectivity index (χ0n) is 15.0. The standard InChI is InChI=1S/C18H39N3/c1-5-21-14-10-11-18(21)16-20(4)13-9-7-6-8-12-19-15-17(2)3/h17-19H,5-16H2,1-4H3. The SMILES string of the molecule is CCN1CCCC1CN(C)CCCCCCNCC(C)C. The second-order valence-electron chi connectivity index (χ2n) is 7.20. The molecule has 0 amide bonds. The van der Waals surface area contributed by atoms with E-state index in [1.807, 2.05) is 0 Å². The summed E-state index contributed by atoms with van der Waals surface area (Å²) >= 11 is 0. The van der Waals surface area contributed by atoms with Crippen LogP contribution in [-0.2, 0) is 0 Å². The molecular formula is C18H39N3. The average molecular weight is 298 g/mol. The summed E-state index contributed by atoms with van der Waals surface area (Å²) < 4.78 is 0. The number of nitrogens with zero attached hydrogens (tertiary/aromatic N) is 2. The number of rotatable bonds is 12. The molecule has 0 aromatic heterocycles. The smallest absolute Gasteiger partial charge is 0.0223 e. The molecule has 0 aromatic carbocycles. The van der Waals surface area contributed by atoms with E-state index in [1.165, 1.54) is 71.2 Å². The molecule has 1 N–H and O–H groups in total. The van der Waals surface area contributed by atoms with E-state index in [0.29, 0.717) is 0 Å². The molecule has 0 aliphatic carbocycles. The molecule has 1 rings (SSSR count). The van der Waals surface area contributed by atoms with Crippen molar-refractivity contribution in [2.24, 2.45) is 5.92 Å². The molecule has 3 heteroatoms. The molecule has 1 atom stereocenters. The van der Waals surface area contributed by atoms with E-state index in [-0.39, 0.29) is 0 Å². The van der Waals surface area contributed by atoms with Gasteiger partial charge >= 0.3 is 0 Å². The van der Waals surface area contributed by atoms with Crippen molar-refractivity contribution < 1.29 is 0 Å². The molecule has 0 aromatic rings. The van der Waals surface area contributed by atoms with Crippen molar-refractivity contribution in [3.05, 3.63) is 0 Å². The van der Waals surface area contributed by atoms with Crippen LogP contribution in [0.2, 0.25) is 0 Å². The number of hydrogen-bond donors (Lipinski definition) is 1. The normalized spacial score (nSPS) is 20.0. The van der Waals surface area contributed by atoms with Gasteiger partial charge in [-0.05, 0) is 71.4 Å². The summed E-state index contributed by atoms with van der Waals surface area (Å²) in [6.07, 6.45) is 8.26. The lowest BCUT2D eigenvalue weighted by atomic mass is 10.1. The van der Waals surface area contributed by atoms with Gasteiger partial charge in [0, 0.05) is 12.6 Å². The maximum Gasteiger partial charge on any atom is 0.0223 e. The average Bonchev–Trinajstić information content (AvgIpc) is 2.88. The first-order chi connectivity index (χ1) is 10.1. The molecule has 0 bridgehead atoms. The molecule has 0 spiro atoms. The second kappa shape index (κ2) is 11.4. The maximum absolute atomic E-state index is 3.53. The van der Waals surface area contributed by atoms with Gasteiger partial charge < -0.3 is 10.2 Å². The molecular weight excluding hydrogens is 258 g/mol. The van der Waals surface area contributed by atoms with Gasteiger partial charge in [0.15, 0.2) is 0 Å². The molecule has 1 aliphatic heterocycles. The topological polar surface area (TPSA) is 18.5 Å². The van der Waals surface area contributed by atoms with E-state index in [4.69, 9.17) is 0 Å². The van der Waals surface area contributed by atoms with Crippen LogP contribution in [-0.4, -0.2) is 62.2 Å². The first-order valence-corrected chi connectivity index (χ1v) is 9.26. The molecule has 1 heterocycles. The van der Waals surface area contributed by atoms with Crippen LogP contribution in [0, 0.1) is 5.92 Å². The van der Waals surface area contributed by atoms with Crippen LogP contribution in [0.15, 0.2) is 0 Å². The van der Waals surface area contributed by atoms with Crippen molar-refractivity contribution in [3.63, 3.8) is 0 Å². The van der Waals surface area contributed by atoms with E-state index in [2.05, 4.69) is 42.9 Å². The van der Waals surface area contributed by atoms with Crippen molar-refractivity contribution >= 4 is 0 Å². The third-order valence-electron chi connectivity index (χ3n) is 4.62. The number of unbranched alkanes of at least 4 members (excludes halogenated alkanes) is 3. The number of nitrogens with one attached hydrogen (secondary N) is 1. The highest BCUT2D eigenvalue weighted by molar-refractivity contribution is 4.80. The molecule has 1 saturated heterocycles. The van der Waals surface area contributed by atoms with Gasteiger partial charge in [-0.2, -0.15) is 0 Å². The second-order valence-corrected chi connectivity index (χ2v) is 7.20. The highest BCUT2D eigenvalue weighted by atomic mass is 15.2. The third-order valence-corrected chi connectivity index (χ3v) is 4.62. The van der Waals surface area contributed by atoms with Gasteiger partial charge in [-0.1, -0.05) is 33.6 Å². The Bertz CT molecular complexity index is 243. The van der Waals surface area contributed by atoms with Crippen LogP contribution in [0.5, 0.6) is 0 Å². The van der Waals surface area contributed by atoms with Crippen LogP contribution < -0.4 is 5.32 Å². The van der Waals surface area contributed by atoms with Crippen LogP contribution in [0.3, 0.4) is 0 Å². The van der Waals surface area contributed by atoms with E-state index in [0.717, 1.165) is 18.5 Å². The molecule has 0 saturated carbocycles. The lowest BCUT2D eigenvalue weighted by molar-refractivity contribution is 0.197. The summed E-state index contributed by atoms with van der Waals surface area (Å²) in [6.45, 7) is 14.3. The molecule has 3 nitrogen and oxygen atoms in total. The predicted octanol–water partition coefficient (Wildman–Crippen LogP) is 3.21. The fourth-order valence-corrected chi connectivity index (χ4v) is 3.35. The highest BCUT2D eigenvalue weighted by Gasteiger charge is 2.23. The van der Waals surface area contributed by atoms with Crippen molar-refractivity contribution in [1.82, 2.24) is 15.1 Å². The fraction of sp³-hybridized carbons (Fsp3) is 1.00. The summed E-state index contributed by atoms with van der Waals surface area (Å²) in [5.41, 5.74) is 0. The van der Waals surface area contributed by atoms with Crippen LogP contribution >= 0.6 is 0 Å². The summed E-state index contributed by atoms with van der Waals surface area (Å²) in [6, 6.07) is 0.820. The van der Waals surface area contributed by atoms with Crippen molar-refractivity contribution in [1.29, 1.82) is 0 Å². The van der Waals surface area contributed by atoms with Gasteiger partial charge in [0.25, 0.3) is 0 Å². The summed E-state index contributed by atoms with van der Waals surface area (Å²) in [4.78, 5) is 5.20. The lowest BCUT2D eigenvalue weighted by Gasteiger charge is -2.27. The van der Waals surface area contributed by atoms with Gasteiger partial charge in [0.2, 0.25) is 0 Å². The Morgan fingerprint density at radius 2 is 1.95 bits per heavy atom. The van der Waals surface area contributed by atoms with Gasteiger partial charge in [0.1, 0.15) is 0 Å². The van der Waals surface area contributed by atoms with Crippen LogP contribution in [0.25, 0.3) is 0 Å². The summed E-state index contributed by atoms with van der Waals surface area (Å²) in [7, 11) is 2.30. The van der Waals surface area contributed by atoms with Gasteiger partial charge in [0.05, 0.1) is 0 Å². The zero-order chi connectivity index (χ0) is 15.5. The van der Waals surface area contributed by atoms with Crippen LogP contribution in [0.4, 0.5) is 0 Å². The predicted molar refractivity (Wildman–Crippen MR) is 93.9 cm³/mol. The molecule has 21 heavy (non-hydrogen) atoms. The maximum atomic E-state index is 3.53. The minimum atomic E-state index is 0.775. The highest BCUT2D eigenvalue weighted by Crippen LogP contribution is 2.17. The fourth-order valence-electron chi connectivity index (χ4n) is 3.35. The Morgan fingerprint density at radius 1 is 1.19 bits per heavy atom. The monoisotopic (exact) mass is 297 g/mol. The molecule has 126 valence electrons. The quantitative estimate of drug-likeness (QED) is 0.558. The number of likely N-dealkylation sites (N-methyl/N-ethyl adjacent to an activating group) is 2. The Hall–Kier alpha value is -0.120. The van der Waals surface area contributed by atoms with Crippen molar-refractivity contribution in [2.45, 2.75) is 65.3 Å². The minimum Gasteiger partial charge on any atom is -0.316 e. The number of hydrogen-bond acceptors (Lipinski definition) is 3. The Kier molecular flexibility index (Phi) is 10.3. The van der Waals surface area contributed by atoms with E-state index >= 15 is 0 Å².